The van der Waals surface area contributed by atoms with Gasteiger partial charge in [0.05, 0.1) is 11.5 Å². The highest BCUT2D eigenvalue weighted by Crippen LogP contribution is 2.39. The smallest absolute Gasteiger partial charge is 0.0800 e. The molecule has 0 N–H and O–H groups in total. The van der Waals surface area contributed by atoms with Gasteiger partial charge in [-0.15, -0.1) is 0 Å². The molecule has 0 saturated carbocycles. The van der Waals surface area contributed by atoms with Crippen LogP contribution in [-0.2, 0) is 11.8 Å². The number of rotatable bonds is 0. The van der Waals surface area contributed by atoms with E-state index >= 15 is 0 Å². The van der Waals surface area contributed by atoms with Gasteiger partial charge in [0, 0.05) is 4.47 Å². The summed E-state index contributed by atoms with van der Waals surface area (Å²) in [6.45, 7) is 2.02. The second-order valence-electron chi connectivity index (χ2n) is 3.75. The third-order valence-electron chi connectivity index (χ3n) is 2.81. The van der Waals surface area contributed by atoms with Crippen molar-refractivity contribution >= 4 is 15.9 Å². The lowest BCUT2D eigenvalue weighted by Crippen LogP contribution is -2.14. The van der Waals surface area contributed by atoms with Crippen molar-refractivity contribution in [2.24, 2.45) is 0 Å². The molecule has 2 heteroatoms. The standard InChI is InChI=1S/C11H10BrN/c1-11(7-13)5-4-8-2-3-9(12)6-10(8)11/h2-3,6H,4-5H2,1H3. The number of fused-ring (bicyclic) bond motifs is 1. The molecule has 0 heterocycles. The summed E-state index contributed by atoms with van der Waals surface area (Å²) in [5.74, 6) is 0. The predicted molar refractivity (Wildman–Crippen MR) is 55.4 cm³/mol. The maximum absolute atomic E-state index is 9.10. The minimum atomic E-state index is -0.265. The number of hydrogen-bond acceptors (Lipinski definition) is 1. The SMILES string of the molecule is CC1(C#N)CCc2ccc(Br)cc21. The molecule has 1 atom stereocenters. The molecule has 13 heavy (non-hydrogen) atoms. The molecule has 66 valence electrons. The quantitative estimate of drug-likeness (QED) is 0.678. The molecule has 1 aromatic carbocycles. The average molecular weight is 236 g/mol. The van der Waals surface area contributed by atoms with E-state index in [2.05, 4.69) is 34.1 Å². The van der Waals surface area contributed by atoms with Gasteiger partial charge in [0.2, 0.25) is 0 Å². The van der Waals surface area contributed by atoms with Crippen LogP contribution in [0.2, 0.25) is 0 Å². The fraction of sp³-hybridized carbons (Fsp3) is 0.364. The summed E-state index contributed by atoms with van der Waals surface area (Å²) in [6, 6.07) is 8.63. The summed E-state index contributed by atoms with van der Waals surface area (Å²) in [7, 11) is 0. The Labute approximate surface area is 86.5 Å². The second-order valence-corrected chi connectivity index (χ2v) is 4.66. The Kier molecular flexibility index (Phi) is 1.92. The molecule has 0 bridgehead atoms. The van der Waals surface area contributed by atoms with Gasteiger partial charge < -0.3 is 0 Å². The van der Waals surface area contributed by atoms with Crippen LogP contribution in [0.15, 0.2) is 22.7 Å². The van der Waals surface area contributed by atoms with Gasteiger partial charge in [0.1, 0.15) is 0 Å². The summed E-state index contributed by atoms with van der Waals surface area (Å²) in [6.07, 6.45) is 1.99. The van der Waals surface area contributed by atoms with Crippen molar-refractivity contribution in [3.05, 3.63) is 33.8 Å². The topological polar surface area (TPSA) is 23.8 Å². The van der Waals surface area contributed by atoms with Crippen LogP contribution in [0.4, 0.5) is 0 Å². The molecule has 0 spiro atoms. The molecule has 1 nitrogen and oxygen atoms in total. The summed E-state index contributed by atoms with van der Waals surface area (Å²) in [4.78, 5) is 0. The van der Waals surface area contributed by atoms with Gasteiger partial charge >= 0.3 is 0 Å². The molecule has 1 unspecified atom stereocenters. The largest absolute Gasteiger partial charge is 0.197 e. The van der Waals surface area contributed by atoms with Crippen LogP contribution in [0.3, 0.4) is 0 Å². The van der Waals surface area contributed by atoms with Crippen LogP contribution >= 0.6 is 15.9 Å². The zero-order valence-electron chi connectivity index (χ0n) is 7.47. The van der Waals surface area contributed by atoms with Gasteiger partial charge in [-0.2, -0.15) is 5.26 Å². The summed E-state index contributed by atoms with van der Waals surface area (Å²) in [5, 5.41) is 9.10. The van der Waals surface area contributed by atoms with Crippen LogP contribution in [0.25, 0.3) is 0 Å². The first-order valence-electron chi connectivity index (χ1n) is 4.36. The van der Waals surface area contributed by atoms with E-state index in [4.69, 9.17) is 5.26 Å². The molecular formula is C11H10BrN. The van der Waals surface area contributed by atoms with E-state index in [1.165, 1.54) is 11.1 Å². The van der Waals surface area contributed by atoms with Crippen LogP contribution in [0, 0.1) is 11.3 Å². The van der Waals surface area contributed by atoms with Crippen molar-refractivity contribution in [3.8, 4) is 6.07 Å². The molecule has 0 saturated heterocycles. The first-order valence-corrected chi connectivity index (χ1v) is 5.15. The minimum absolute atomic E-state index is 0.265. The summed E-state index contributed by atoms with van der Waals surface area (Å²) >= 11 is 3.44. The zero-order valence-corrected chi connectivity index (χ0v) is 9.06. The number of benzene rings is 1. The van der Waals surface area contributed by atoms with Gasteiger partial charge in [-0.25, -0.2) is 0 Å². The molecule has 0 aliphatic heterocycles. The normalized spacial score (nSPS) is 25.3. The first-order chi connectivity index (χ1) is 6.15. The maximum Gasteiger partial charge on any atom is 0.0800 e. The molecule has 1 aliphatic carbocycles. The number of hydrogen-bond donors (Lipinski definition) is 0. The van der Waals surface area contributed by atoms with Crippen molar-refractivity contribution in [1.82, 2.24) is 0 Å². The van der Waals surface area contributed by atoms with E-state index in [1.807, 2.05) is 13.0 Å². The third-order valence-corrected chi connectivity index (χ3v) is 3.30. The molecule has 0 amide bonds. The molecule has 0 radical (unpaired) electrons. The highest BCUT2D eigenvalue weighted by atomic mass is 79.9. The molecule has 2 rings (SSSR count). The lowest BCUT2D eigenvalue weighted by molar-refractivity contribution is 0.604. The number of aryl methyl sites for hydroxylation is 1. The fourth-order valence-electron chi connectivity index (χ4n) is 1.92. The summed E-state index contributed by atoms with van der Waals surface area (Å²) in [5.41, 5.74) is 2.26. The van der Waals surface area contributed by atoms with E-state index in [0.717, 1.165) is 17.3 Å². The van der Waals surface area contributed by atoms with Crippen LogP contribution in [-0.4, -0.2) is 0 Å². The van der Waals surface area contributed by atoms with E-state index in [0.29, 0.717) is 0 Å². The van der Waals surface area contributed by atoms with Gasteiger partial charge in [0.25, 0.3) is 0 Å². The molecular weight excluding hydrogens is 226 g/mol. The third kappa shape index (κ3) is 1.28. The Balaban J connectivity index is 2.60. The Hall–Kier alpha value is -0.810. The molecule has 0 fully saturated rings. The van der Waals surface area contributed by atoms with Gasteiger partial charge in [0.15, 0.2) is 0 Å². The van der Waals surface area contributed by atoms with Crippen molar-refractivity contribution in [1.29, 1.82) is 5.26 Å². The van der Waals surface area contributed by atoms with E-state index < -0.39 is 0 Å². The number of halogens is 1. The minimum Gasteiger partial charge on any atom is -0.197 e. The first kappa shape index (κ1) is 8.77. The molecule has 1 aliphatic rings. The van der Waals surface area contributed by atoms with Gasteiger partial charge in [-0.3, -0.25) is 0 Å². The Morgan fingerprint density at radius 3 is 3.00 bits per heavy atom. The highest BCUT2D eigenvalue weighted by Gasteiger charge is 2.34. The second kappa shape index (κ2) is 2.85. The van der Waals surface area contributed by atoms with Crippen LogP contribution in [0.1, 0.15) is 24.5 Å². The summed E-state index contributed by atoms with van der Waals surface area (Å²) < 4.78 is 1.06. The van der Waals surface area contributed by atoms with Crippen molar-refractivity contribution in [2.45, 2.75) is 25.2 Å². The highest BCUT2D eigenvalue weighted by molar-refractivity contribution is 9.10. The van der Waals surface area contributed by atoms with E-state index in [9.17, 15) is 0 Å². The fourth-order valence-corrected chi connectivity index (χ4v) is 2.28. The lowest BCUT2D eigenvalue weighted by Gasteiger charge is -2.15. The van der Waals surface area contributed by atoms with Gasteiger partial charge in [-0.1, -0.05) is 22.0 Å². The van der Waals surface area contributed by atoms with Crippen molar-refractivity contribution in [3.63, 3.8) is 0 Å². The van der Waals surface area contributed by atoms with E-state index in [1.54, 1.807) is 0 Å². The Bertz CT molecular complexity index is 392. The molecule has 1 aromatic rings. The average Bonchev–Trinajstić information content (AvgIpc) is 2.45. The number of nitriles is 1. The Morgan fingerprint density at radius 2 is 2.31 bits per heavy atom. The van der Waals surface area contributed by atoms with Gasteiger partial charge in [-0.05, 0) is 43.0 Å². The van der Waals surface area contributed by atoms with Crippen LogP contribution in [0.5, 0.6) is 0 Å². The lowest BCUT2D eigenvalue weighted by atomic mass is 9.86. The number of nitrogens with zero attached hydrogens (tertiary/aromatic N) is 1. The maximum atomic E-state index is 9.10. The predicted octanol–water partition coefficient (Wildman–Crippen LogP) is 3.18. The Morgan fingerprint density at radius 1 is 1.54 bits per heavy atom. The van der Waals surface area contributed by atoms with Crippen molar-refractivity contribution < 1.29 is 0 Å². The molecule has 0 aromatic heterocycles. The van der Waals surface area contributed by atoms with Crippen LogP contribution < -0.4 is 0 Å². The zero-order chi connectivity index (χ0) is 9.47. The van der Waals surface area contributed by atoms with E-state index in [-0.39, 0.29) is 5.41 Å². The van der Waals surface area contributed by atoms with Crippen molar-refractivity contribution in [2.75, 3.05) is 0 Å². The monoisotopic (exact) mass is 235 g/mol.